The predicted molar refractivity (Wildman–Crippen MR) is 234 cm³/mol. The molecule has 0 atom stereocenters. The second-order valence-electron chi connectivity index (χ2n) is 18.3. The minimum atomic E-state index is -0.287. The Morgan fingerprint density at radius 1 is 0.618 bits per heavy atom. The van der Waals surface area contributed by atoms with Crippen molar-refractivity contribution in [2.45, 2.75) is 112 Å². The minimum Gasteiger partial charge on any atom is -0.507 e. The molecular weight excluding hydrogens is 671 g/mol. The monoisotopic (exact) mass is 727 g/mol. The molecule has 0 aliphatic heterocycles. The second-order valence-corrected chi connectivity index (χ2v) is 18.3. The number of fused-ring (bicyclic) bond motifs is 2. The lowest BCUT2D eigenvalue weighted by atomic mass is 9.79. The summed E-state index contributed by atoms with van der Waals surface area (Å²) in [4.78, 5) is 10.6. The number of hydrogen-bond acceptors (Lipinski definition) is 3. The molecule has 5 aromatic carbocycles. The zero-order valence-electron chi connectivity index (χ0n) is 34.8. The molecule has 2 aromatic heterocycles. The standard InChI is InChI=1S/C51H57N3O/c1-30(2)34-25-35(27-36(26-34)45-40-18-14-13-17-33(40)23-24-52-45)41-21-16-22-44-46(41)53-49(54(44)47-38(31(3)4)19-15-20-39(47)32(5)6)42-28-37(50(7,8)9)29-43(48(42)55)51(10,11)12/h13-32,55H,1-12H3. The van der Waals surface area contributed by atoms with Crippen molar-refractivity contribution in [3.8, 4) is 45.2 Å². The fourth-order valence-electron chi connectivity index (χ4n) is 7.95. The Kier molecular flexibility index (Phi) is 9.78. The number of hydrogen-bond donors (Lipinski definition) is 1. The Morgan fingerprint density at radius 3 is 1.91 bits per heavy atom. The molecule has 1 N–H and O–H groups in total. The molecule has 0 amide bonds. The van der Waals surface area contributed by atoms with Gasteiger partial charge in [0.2, 0.25) is 0 Å². The van der Waals surface area contributed by atoms with Crippen LogP contribution in [0.2, 0.25) is 0 Å². The van der Waals surface area contributed by atoms with Crippen LogP contribution in [-0.2, 0) is 10.8 Å². The molecule has 0 radical (unpaired) electrons. The summed E-state index contributed by atoms with van der Waals surface area (Å²) in [5.74, 6) is 1.88. The van der Waals surface area contributed by atoms with Gasteiger partial charge in [-0.25, -0.2) is 4.98 Å². The van der Waals surface area contributed by atoms with Gasteiger partial charge in [-0.3, -0.25) is 9.55 Å². The van der Waals surface area contributed by atoms with Crippen LogP contribution in [0.15, 0.2) is 103 Å². The van der Waals surface area contributed by atoms with E-state index in [-0.39, 0.29) is 28.4 Å². The van der Waals surface area contributed by atoms with E-state index in [1.54, 1.807) is 0 Å². The Labute approximate surface area is 328 Å². The van der Waals surface area contributed by atoms with Crippen molar-refractivity contribution in [2.75, 3.05) is 0 Å². The number of pyridine rings is 1. The quantitative estimate of drug-likeness (QED) is 0.178. The topological polar surface area (TPSA) is 50.9 Å². The summed E-state index contributed by atoms with van der Waals surface area (Å²) in [6.07, 6.45) is 1.91. The largest absolute Gasteiger partial charge is 0.507 e. The van der Waals surface area contributed by atoms with Crippen LogP contribution in [0.1, 0.15) is 129 Å². The van der Waals surface area contributed by atoms with E-state index >= 15 is 0 Å². The average molecular weight is 728 g/mol. The third-order valence-corrected chi connectivity index (χ3v) is 11.2. The highest BCUT2D eigenvalue weighted by Crippen LogP contribution is 2.46. The van der Waals surface area contributed by atoms with E-state index in [9.17, 15) is 5.11 Å². The molecule has 7 rings (SSSR count). The molecule has 0 bridgehead atoms. The Bertz CT molecular complexity index is 2520. The number of imidazole rings is 1. The normalized spacial score (nSPS) is 12.6. The van der Waals surface area contributed by atoms with Gasteiger partial charge in [-0.1, -0.05) is 150 Å². The second kappa shape index (κ2) is 14.1. The highest BCUT2D eigenvalue weighted by atomic mass is 16.3. The summed E-state index contributed by atoms with van der Waals surface area (Å²) < 4.78 is 2.36. The first-order valence-electron chi connectivity index (χ1n) is 20.0. The number of phenols is 1. The molecule has 2 heterocycles. The van der Waals surface area contributed by atoms with Crippen molar-refractivity contribution >= 4 is 21.8 Å². The van der Waals surface area contributed by atoms with Gasteiger partial charge in [0.25, 0.3) is 0 Å². The zero-order valence-corrected chi connectivity index (χ0v) is 34.8. The van der Waals surface area contributed by atoms with Crippen LogP contribution in [0.5, 0.6) is 5.75 Å². The molecule has 0 unspecified atom stereocenters. The number of aromatic hydroxyl groups is 1. The van der Waals surface area contributed by atoms with Gasteiger partial charge in [-0.05, 0) is 92.1 Å². The van der Waals surface area contributed by atoms with Crippen LogP contribution in [0.4, 0.5) is 0 Å². The van der Waals surface area contributed by atoms with Gasteiger partial charge in [-0.15, -0.1) is 0 Å². The fourth-order valence-corrected chi connectivity index (χ4v) is 7.95. The fraction of sp³-hybridized carbons (Fsp3) is 0.333. The summed E-state index contributed by atoms with van der Waals surface area (Å²) in [5.41, 5.74) is 13.5. The molecule has 7 aromatic rings. The van der Waals surface area contributed by atoms with E-state index < -0.39 is 0 Å². The maximum absolute atomic E-state index is 12.4. The lowest BCUT2D eigenvalue weighted by Crippen LogP contribution is -2.17. The molecule has 0 aliphatic carbocycles. The zero-order chi connectivity index (χ0) is 39.6. The molecule has 0 fully saturated rings. The third kappa shape index (κ3) is 6.97. The summed E-state index contributed by atoms with van der Waals surface area (Å²) in [6.45, 7) is 26.8. The summed E-state index contributed by atoms with van der Waals surface area (Å²) in [6, 6.07) is 35.1. The molecule has 0 aliphatic rings. The maximum atomic E-state index is 12.4. The Hall–Kier alpha value is -5.22. The SMILES string of the molecule is CC(C)c1cc(-c2nccc3ccccc23)cc(-c2cccc3c2nc(-c2cc(C(C)(C)C)cc(C(C)(C)C)c2O)n3-c2c(C(C)C)cccc2C(C)C)c1. The van der Waals surface area contributed by atoms with Crippen molar-refractivity contribution in [2.24, 2.45) is 0 Å². The molecule has 282 valence electrons. The highest BCUT2D eigenvalue weighted by Gasteiger charge is 2.30. The lowest BCUT2D eigenvalue weighted by Gasteiger charge is -2.28. The number of rotatable bonds is 7. The third-order valence-electron chi connectivity index (χ3n) is 11.2. The number of nitrogens with zero attached hydrogens (tertiary/aromatic N) is 3. The van der Waals surface area contributed by atoms with Crippen LogP contribution < -0.4 is 0 Å². The van der Waals surface area contributed by atoms with E-state index in [0.717, 1.165) is 61.4 Å². The van der Waals surface area contributed by atoms with Gasteiger partial charge in [0, 0.05) is 28.3 Å². The van der Waals surface area contributed by atoms with Crippen molar-refractivity contribution < 1.29 is 5.11 Å². The smallest absolute Gasteiger partial charge is 0.149 e. The van der Waals surface area contributed by atoms with Crippen molar-refractivity contribution in [1.29, 1.82) is 0 Å². The molecule has 4 heteroatoms. The molecule has 4 nitrogen and oxygen atoms in total. The van der Waals surface area contributed by atoms with Gasteiger partial charge in [0.1, 0.15) is 11.6 Å². The minimum absolute atomic E-state index is 0.146. The number of aromatic nitrogens is 3. The van der Waals surface area contributed by atoms with E-state index in [1.165, 1.54) is 27.6 Å². The Balaban J connectivity index is 1.62. The van der Waals surface area contributed by atoms with Crippen molar-refractivity contribution in [3.63, 3.8) is 0 Å². The molecule has 0 saturated heterocycles. The van der Waals surface area contributed by atoms with Crippen LogP contribution in [0, 0.1) is 0 Å². The van der Waals surface area contributed by atoms with Crippen LogP contribution >= 0.6 is 0 Å². The predicted octanol–water partition coefficient (Wildman–Crippen LogP) is 14.2. The van der Waals surface area contributed by atoms with Crippen molar-refractivity contribution in [1.82, 2.24) is 14.5 Å². The van der Waals surface area contributed by atoms with E-state index in [0.29, 0.717) is 5.92 Å². The van der Waals surface area contributed by atoms with E-state index in [1.807, 2.05) is 6.20 Å². The van der Waals surface area contributed by atoms with Crippen LogP contribution in [0.3, 0.4) is 0 Å². The lowest BCUT2D eigenvalue weighted by molar-refractivity contribution is 0.446. The summed E-state index contributed by atoms with van der Waals surface area (Å²) in [5, 5.41) is 14.7. The van der Waals surface area contributed by atoms with E-state index in [4.69, 9.17) is 9.97 Å². The van der Waals surface area contributed by atoms with Gasteiger partial charge < -0.3 is 5.11 Å². The maximum Gasteiger partial charge on any atom is 0.149 e. The van der Waals surface area contributed by atoms with Crippen molar-refractivity contribution in [3.05, 3.63) is 131 Å². The molecule has 0 saturated carbocycles. The molecule has 55 heavy (non-hydrogen) atoms. The average Bonchev–Trinajstić information content (AvgIpc) is 3.52. The first-order valence-corrected chi connectivity index (χ1v) is 20.0. The number of phenolic OH excluding ortho intramolecular Hbond substituents is 1. The van der Waals surface area contributed by atoms with E-state index in [2.05, 4.69) is 185 Å². The number of para-hydroxylation sites is 2. The Morgan fingerprint density at radius 2 is 1.27 bits per heavy atom. The molecule has 0 spiro atoms. The highest BCUT2D eigenvalue weighted by molar-refractivity contribution is 5.99. The van der Waals surface area contributed by atoms with Gasteiger partial charge in [0.15, 0.2) is 0 Å². The first-order chi connectivity index (χ1) is 26.0. The number of benzene rings is 5. The summed E-state index contributed by atoms with van der Waals surface area (Å²) in [7, 11) is 0. The van der Waals surface area contributed by atoms with Crippen LogP contribution in [0.25, 0.3) is 61.3 Å². The van der Waals surface area contributed by atoms with Gasteiger partial charge >= 0.3 is 0 Å². The van der Waals surface area contributed by atoms with Gasteiger partial charge in [0.05, 0.1) is 28.0 Å². The first kappa shape index (κ1) is 38.1. The molecular formula is C51H57N3O. The van der Waals surface area contributed by atoms with Gasteiger partial charge in [-0.2, -0.15) is 0 Å². The van der Waals surface area contributed by atoms with Crippen LogP contribution in [-0.4, -0.2) is 19.6 Å². The summed E-state index contributed by atoms with van der Waals surface area (Å²) >= 11 is 0.